The number of hydrogen-bond acceptors (Lipinski definition) is 3. The lowest BCUT2D eigenvalue weighted by Crippen LogP contribution is -2.00. The van der Waals surface area contributed by atoms with Crippen molar-refractivity contribution in [1.29, 1.82) is 0 Å². The first-order chi connectivity index (χ1) is 7.15. The summed E-state index contributed by atoms with van der Waals surface area (Å²) in [4.78, 5) is 10.2. The number of ether oxygens (including phenoxy) is 1. The number of benzene rings is 1. The lowest BCUT2D eigenvalue weighted by molar-refractivity contribution is -0.385. The summed E-state index contributed by atoms with van der Waals surface area (Å²) in [6, 6.07) is 4.74. The fourth-order valence-electron chi connectivity index (χ4n) is 1.11. The normalized spacial score (nSPS) is 9.33. The van der Waals surface area contributed by atoms with Crippen LogP contribution in [0.15, 0.2) is 18.2 Å². The van der Waals surface area contributed by atoms with Gasteiger partial charge in [0.2, 0.25) is 0 Å². The van der Waals surface area contributed by atoms with Crippen LogP contribution in [-0.4, -0.2) is 11.5 Å². The molecule has 4 nitrogen and oxygen atoms in total. The van der Waals surface area contributed by atoms with Crippen LogP contribution in [0.2, 0.25) is 0 Å². The van der Waals surface area contributed by atoms with E-state index in [1.165, 1.54) is 6.07 Å². The maximum Gasteiger partial charge on any atom is 0.310 e. The molecule has 0 aliphatic heterocycles. The molecule has 0 aliphatic rings. The maximum atomic E-state index is 10.7. The zero-order valence-electron chi connectivity index (χ0n) is 8.40. The molecule has 0 amide bonds. The quantitative estimate of drug-likeness (QED) is 0.328. The highest BCUT2D eigenvalue weighted by molar-refractivity contribution is 5.48. The van der Waals surface area contributed by atoms with E-state index in [-0.39, 0.29) is 11.4 Å². The van der Waals surface area contributed by atoms with Crippen LogP contribution in [0.5, 0.6) is 5.75 Å². The van der Waals surface area contributed by atoms with E-state index in [0.29, 0.717) is 13.0 Å². The Bertz CT molecular complexity index is 407. The lowest BCUT2D eigenvalue weighted by Gasteiger charge is -2.05. The zero-order chi connectivity index (χ0) is 11.3. The van der Waals surface area contributed by atoms with Crippen molar-refractivity contribution in [1.82, 2.24) is 0 Å². The van der Waals surface area contributed by atoms with E-state index in [1.807, 2.05) is 6.92 Å². The second-order valence-corrected chi connectivity index (χ2v) is 3.03. The Morgan fingerprint density at radius 1 is 1.60 bits per heavy atom. The standard InChI is InChI=1S/C11H11NO3/c1-3-4-7-15-11-8-9(2)5-6-10(11)12(13)14/h1,5-6,8H,4,7H2,2H3. The molecule has 0 spiro atoms. The molecular weight excluding hydrogens is 194 g/mol. The molecule has 0 radical (unpaired) electrons. The first-order valence-corrected chi connectivity index (χ1v) is 4.46. The number of rotatable bonds is 4. The molecule has 0 atom stereocenters. The van der Waals surface area contributed by atoms with E-state index in [1.54, 1.807) is 12.1 Å². The summed E-state index contributed by atoms with van der Waals surface area (Å²) in [7, 11) is 0. The van der Waals surface area contributed by atoms with Crippen LogP contribution >= 0.6 is 0 Å². The van der Waals surface area contributed by atoms with Gasteiger partial charge < -0.3 is 4.74 Å². The monoisotopic (exact) mass is 205 g/mol. The number of terminal acetylenes is 1. The molecule has 0 heterocycles. The van der Waals surface area contributed by atoms with Crippen LogP contribution in [0.4, 0.5) is 5.69 Å². The Morgan fingerprint density at radius 2 is 2.33 bits per heavy atom. The molecule has 0 N–H and O–H groups in total. The molecule has 1 aromatic carbocycles. The number of nitrogens with zero attached hydrogens (tertiary/aromatic N) is 1. The Labute approximate surface area is 88.0 Å². The molecule has 0 fully saturated rings. The van der Waals surface area contributed by atoms with Crippen LogP contribution in [-0.2, 0) is 0 Å². The zero-order valence-corrected chi connectivity index (χ0v) is 8.40. The van der Waals surface area contributed by atoms with E-state index in [0.717, 1.165) is 5.56 Å². The fourth-order valence-corrected chi connectivity index (χ4v) is 1.11. The Balaban J connectivity index is 2.88. The minimum absolute atomic E-state index is 0.0300. The van der Waals surface area contributed by atoms with Crippen LogP contribution in [0, 0.1) is 29.4 Å². The molecule has 0 bridgehead atoms. The first-order valence-electron chi connectivity index (χ1n) is 4.46. The molecule has 0 saturated carbocycles. The van der Waals surface area contributed by atoms with Gasteiger partial charge in [0.15, 0.2) is 5.75 Å². The molecule has 4 heteroatoms. The predicted octanol–water partition coefficient (Wildman–Crippen LogP) is 2.31. The minimum atomic E-state index is -0.468. The van der Waals surface area contributed by atoms with Crippen molar-refractivity contribution >= 4 is 5.69 Å². The smallest absolute Gasteiger partial charge is 0.310 e. The van der Waals surface area contributed by atoms with Crippen molar-refractivity contribution in [2.75, 3.05) is 6.61 Å². The number of hydrogen-bond donors (Lipinski definition) is 0. The molecule has 0 saturated heterocycles. The van der Waals surface area contributed by atoms with Gasteiger partial charge in [0.1, 0.15) is 0 Å². The van der Waals surface area contributed by atoms with Gasteiger partial charge in [0.05, 0.1) is 11.5 Å². The number of nitro groups is 1. The van der Waals surface area contributed by atoms with Crippen molar-refractivity contribution in [2.24, 2.45) is 0 Å². The fraction of sp³-hybridized carbons (Fsp3) is 0.273. The van der Waals surface area contributed by atoms with Gasteiger partial charge in [-0.3, -0.25) is 10.1 Å². The highest BCUT2D eigenvalue weighted by Crippen LogP contribution is 2.27. The molecule has 1 aromatic rings. The van der Waals surface area contributed by atoms with Gasteiger partial charge in [-0.05, 0) is 18.6 Å². The average Bonchev–Trinajstić information content (AvgIpc) is 2.18. The third-order valence-electron chi connectivity index (χ3n) is 1.82. The van der Waals surface area contributed by atoms with Gasteiger partial charge in [0, 0.05) is 12.5 Å². The van der Waals surface area contributed by atoms with Gasteiger partial charge in [-0.1, -0.05) is 6.07 Å². The Hall–Kier alpha value is -2.02. The summed E-state index contributed by atoms with van der Waals surface area (Å²) in [5, 5.41) is 10.7. The topological polar surface area (TPSA) is 52.4 Å². The summed E-state index contributed by atoms with van der Waals surface area (Å²) in [6.07, 6.45) is 5.49. The van der Waals surface area contributed by atoms with Crippen LogP contribution in [0.1, 0.15) is 12.0 Å². The third-order valence-corrected chi connectivity index (χ3v) is 1.82. The van der Waals surface area contributed by atoms with Gasteiger partial charge in [-0.15, -0.1) is 12.3 Å². The van der Waals surface area contributed by atoms with Crippen LogP contribution in [0.3, 0.4) is 0 Å². The van der Waals surface area contributed by atoms with Crippen LogP contribution in [0.25, 0.3) is 0 Å². The van der Waals surface area contributed by atoms with E-state index < -0.39 is 4.92 Å². The highest BCUT2D eigenvalue weighted by Gasteiger charge is 2.14. The summed E-state index contributed by atoms with van der Waals surface area (Å²) in [6.45, 7) is 2.14. The van der Waals surface area contributed by atoms with E-state index in [4.69, 9.17) is 11.2 Å². The maximum absolute atomic E-state index is 10.7. The van der Waals surface area contributed by atoms with Gasteiger partial charge in [-0.2, -0.15) is 0 Å². The average molecular weight is 205 g/mol. The SMILES string of the molecule is C#CCCOc1cc(C)ccc1[N+](=O)[O-]. The summed E-state index contributed by atoms with van der Waals surface area (Å²) >= 11 is 0. The lowest BCUT2D eigenvalue weighted by atomic mass is 10.2. The number of nitro benzene ring substituents is 1. The molecule has 1 rings (SSSR count). The number of aryl methyl sites for hydroxylation is 1. The second-order valence-electron chi connectivity index (χ2n) is 3.03. The highest BCUT2D eigenvalue weighted by atomic mass is 16.6. The molecule has 0 aliphatic carbocycles. The summed E-state index contributed by atoms with van der Waals surface area (Å²) in [5.74, 6) is 2.68. The third kappa shape index (κ3) is 2.99. The molecule has 0 unspecified atom stereocenters. The van der Waals surface area contributed by atoms with Gasteiger partial charge in [-0.25, -0.2) is 0 Å². The first kappa shape index (κ1) is 11.1. The van der Waals surface area contributed by atoms with Crippen molar-refractivity contribution in [3.63, 3.8) is 0 Å². The van der Waals surface area contributed by atoms with Crippen LogP contribution < -0.4 is 4.74 Å². The molecule has 78 valence electrons. The van der Waals surface area contributed by atoms with Crippen molar-refractivity contribution < 1.29 is 9.66 Å². The molecular formula is C11H11NO3. The molecule has 0 aromatic heterocycles. The minimum Gasteiger partial charge on any atom is -0.486 e. The summed E-state index contributed by atoms with van der Waals surface area (Å²) in [5.41, 5.74) is 0.883. The summed E-state index contributed by atoms with van der Waals surface area (Å²) < 4.78 is 5.24. The van der Waals surface area contributed by atoms with Crippen molar-refractivity contribution in [3.8, 4) is 18.1 Å². The predicted molar refractivity (Wildman–Crippen MR) is 56.8 cm³/mol. The van der Waals surface area contributed by atoms with Crippen molar-refractivity contribution in [3.05, 3.63) is 33.9 Å². The van der Waals surface area contributed by atoms with E-state index in [2.05, 4.69) is 5.92 Å². The van der Waals surface area contributed by atoms with E-state index >= 15 is 0 Å². The largest absolute Gasteiger partial charge is 0.486 e. The van der Waals surface area contributed by atoms with Gasteiger partial charge in [0.25, 0.3) is 0 Å². The van der Waals surface area contributed by atoms with Gasteiger partial charge >= 0.3 is 5.69 Å². The van der Waals surface area contributed by atoms with E-state index in [9.17, 15) is 10.1 Å². The second kappa shape index (κ2) is 5.01. The Kier molecular flexibility index (Phi) is 3.69. The Morgan fingerprint density at radius 3 is 2.93 bits per heavy atom. The van der Waals surface area contributed by atoms with Crippen molar-refractivity contribution in [2.45, 2.75) is 13.3 Å². The molecule has 15 heavy (non-hydrogen) atoms.